The van der Waals surface area contributed by atoms with Gasteiger partial charge in [-0.15, -0.1) is 0 Å². The zero-order chi connectivity index (χ0) is 23.5. The topological polar surface area (TPSA) is 88.4 Å². The van der Waals surface area contributed by atoms with E-state index in [1.54, 1.807) is 10.6 Å². The predicted molar refractivity (Wildman–Crippen MR) is 118 cm³/mol. The molecule has 2 N–H and O–H groups in total. The summed E-state index contributed by atoms with van der Waals surface area (Å²) >= 11 is 0. The largest absolute Gasteiger partial charge is 0.480 e. The SMILES string of the molecule is Cc1c(C2CC3CC2CC3NS(=O)(=O)c2ccc(F)cc2)c2cc(F)ccc2n1CC(=O)O. The number of carboxylic acids is 1. The Morgan fingerprint density at radius 2 is 1.76 bits per heavy atom. The van der Waals surface area contributed by atoms with Crippen molar-refractivity contribution < 1.29 is 27.1 Å². The smallest absolute Gasteiger partial charge is 0.323 e. The molecule has 1 aromatic heterocycles. The highest BCUT2D eigenvalue weighted by Gasteiger charge is 2.48. The Labute approximate surface area is 190 Å². The molecule has 2 aromatic carbocycles. The van der Waals surface area contributed by atoms with E-state index in [1.165, 1.54) is 24.3 Å². The molecule has 0 saturated heterocycles. The summed E-state index contributed by atoms with van der Waals surface area (Å²) in [6.45, 7) is 1.67. The number of halogens is 2. The normalized spacial score (nSPS) is 24.6. The van der Waals surface area contributed by atoms with Gasteiger partial charge in [0.15, 0.2) is 0 Å². The van der Waals surface area contributed by atoms with E-state index in [0.29, 0.717) is 11.9 Å². The van der Waals surface area contributed by atoms with Crippen molar-refractivity contribution in [1.29, 1.82) is 0 Å². The monoisotopic (exact) mass is 474 g/mol. The summed E-state index contributed by atoms with van der Waals surface area (Å²) in [6.07, 6.45) is 2.24. The van der Waals surface area contributed by atoms with Gasteiger partial charge in [-0.2, -0.15) is 0 Å². The average Bonchev–Trinajstić information content (AvgIpc) is 3.39. The number of carboxylic acid groups (broad SMARTS) is 1. The lowest BCUT2D eigenvalue weighted by Gasteiger charge is -2.29. The van der Waals surface area contributed by atoms with Gasteiger partial charge >= 0.3 is 5.97 Å². The van der Waals surface area contributed by atoms with Crippen LogP contribution in [0, 0.1) is 30.4 Å². The Bertz CT molecular complexity index is 1350. The van der Waals surface area contributed by atoms with Crippen LogP contribution in [-0.4, -0.2) is 30.1 Å². The Morgan fingerprint density at radius 3 is 2.39 bits per heavy atom. The number of aliphatic carboxylic acids is 1. The van der Waals surface area contributed by atoms with E-state index in [0.717, 1.165) is 41.6 Å². The van der Waals surface area contributed by atoms with Crippen molar-refractivity contribution in [1.82, 2.24) is 9.29 Å². The number of hydrogen-bond acceptors (Lipinski definition) is 3. The number of nitrogens with one attached hydrogen (secondary N) is 1. The van der Waals surface area contributed by atoms with Crippen LogP contribution < -0.4 is 4.72 Å². The first-order valence-electron chi connectivity index (χ1n) is 10.9. The number of benzene rings is 2. The van der Waals surface area contributed by atoms with Gasteiger partial charge in [-0.1, -0.05) is 0 Å². The predicted octanol–water partition coefficient (Wildman–Crippen LogP) is 4.17. The van der Waals surface area contributed by atoms with Crippen LogP contribution in [0.2, 0.25) is 0 Å². The van der Waals surface area contributed by atoms with E-state index in [-0.39, 0.29) is 41.1 Å². The van der Waals surface area contributed by atoms with Gasteiger partial charge in [0.25, 0.3) is 0 Å². The van der Waals surface area contributed by atoms with Crippen LogP contribution in [0.5, 0.6) is 0 Å². The first kappa shape index (κ1) is 22.0. The lowest BCUT2D eigenvalue weighted by molar-refractivity contribution is -0.137. The number of hydrogen-bond donors (Lipinski definition) is 2. The molecule has 2 aliphatic carbocycles. The number of fused-ring (bicyclic) bond motifs is 3. The first-order valence-corrected chi connectivity index (χ1v) is 12.4. The number of sulfonamides is 1. The van der Waals surface area contributed by atoms with Gasteiger partial charge in [-0.3, -0.25) is 4.79 Å². The van der Waals surface area contributed by atoms with E-state index in [4.69, 9.17) is 0 Å². The molecule has 4 unspecified atom stereocenters. The fourth-order valence-electron chi connectivity index (χ4n) is 5.94. The van der Waals surface area contributed by atoms with Gasteiger partial charge in [0.1, 0.15) is 18.2 Å². The van der Waals surface area contributed by atoms with Crippen LogP contribution in [0.25, 0.3) is 10.9 Å². The molecule has 174 valence electrons. The second kappa shape index (κ2) is 7.92. The van der Waals surface area contributed by atoms with E-state index in [9.17, 15) is 27.1 Å². The number of nitrogens with zero attached hydrogens (tertiary/aromatic N) is 1. The summed E-state index contributed by atoms with van der Waals surface area (Å²) in [7, 11) is -3.76. The molecule has 4 atom stereocenters. The molecule has 2 aliphatic rings. The molecule has 5 rings (SSSR count). The zero-order valence-corrected chi connectivity index (χ0v) is 18.8. The van der Waals surface area contributed by atoms with Gasteiger partial charge in [-0.25, -0.2) is 21.9 Å². The highest BCUT2D eigenvalue weighted by molar-refractivity contribution is 7.89. The summed E-state index contributed by atoms with van der Waals surface area (Å²) in [6, 6.07) is 8.97. The lowest BCUT2D eigenvalue weighted by Crippen LogP contribution is -2.39. The molecule has 1 heterocycles. The molecule has 9 heteroatoms. The molecular weight excluding hydrogens is 450 g/mol. The highest BCUT2D eigenvalue weighted by atomic mass is 32.2. The maximum absolute atomic E-state index is 14.1. The molecule has 2 saturated carbocycles. The van der Waals surface area contributed by atoms with E-state index in [2.05, 4.69) is 4.72 Å². The molecule has 0 aliphatic heterocycles. The Hall–Kier alpha value is -2.78. The molecular formula is C24H24F2N2O4S. The van der Waals surface area contributed by atoms with Crippen LogP contribution in [0.1, 0.15) is 36.4 Å². The molecule has 3 aromatic rings. The number of rotatable bonds is 6. The quantitative estimate of drug-likeness (QED) is 0.561. The minimum absolute atomic E-state index is 0.0336. The summed E-state index contributed by atoms with van der Waals surface area (Å²) in [4.78, 5) is 11.5. The molecule has 2 fully saturated rings. The number of carbonyl (C=O) groups is 1. The zero-order valence-electron chi connectivity index (χ0n) is 18.0. The van der Waals surface area contributed by atoms with Crippen LogP contribution in [0.4, 0.5) is 8.78 Å². The van der Waals surface area contributed by atoms with Gasteiger partial charge in [-0.05, 0) is 92.0 Å². The highest BCUT2D eigenvalue weighted by Crippen LogP contribution is 2.55. The van der Waals surface area contributed by atoms with Crippen LogP contribution in [0.15, 0.2) is 47.4 Å². The van der Waals surface area contributed by atoms with Crippen molar-refractivity contribution in [3.8, 4) is 0 Å². The summed E-state index contributed by atoms with van der Waals surface area (Å²) in [5.41, 5.74) is 2.49. The first-order chi connectivity index (χ1) is 15.6. The minimum Gasteiger partial charge on any atom is -0.480 e. The Morgan fingerprint density at radius 1 is 1.06 bits per heavy atom. The minimum atomic E-state index is -3.76. The maximum atomic E-state index is 14.1. The Kier molecular flexibility index (Phi) is 5.29. The third-order valence-corrected chi connectivity index (χ3v) is 8.79. The average molecular weight is 475 g/mol. The fourth-order valence-corrected chi connectivity index (χ4v) is 7.26. The van der Waals surface area contributed by atoms with Crippen molar-refractivity contribution in [2.75, 3.05) is 0 Å². The van der Waals surface area contributed by atoms with E-state index in [1.807, 2.05) is 6.92 Å². The van der Waals surface area contributed by atoms with Crippen molar-refractivity contribution in [2.45, 2.75) is 49.6 Å². The maximum Gasteiger partial charge on any atom is 0.323 e. The molecule has 2 bridgehead atoms. The van der Waals surface area contributed by atoms with Crippen LogP contribution >= 0.6 is 0 Å². The van der Waals surface area contributed by atoms with Crippen molar-refractivity contribution in [2.24, 2.45) is 11.8 Å². The second-order valence-corrected chi connectivity index (χ2v) is 10.9. The standard InChI is InChI=1S/C24H24F2N2O4S/c1-13-24(20-11-17(26)4-7-22(20)28(13)12-23(29)30)19-9-15-8-14(19)10-21(15)27-33(31,32)18-5-2-16(25)3-6-18/h2-7,11,14-15,19,21,27H,8-10,12H2,1H3,(H,29,30). The molecule has 0 spiro atoms. The van der Waals surface area contributed by atoms with Crippen LogP contribution in [0.3, 0.4) is 0 Å². The summed E-state index contributed by atoms with van der Waals surface area (Å²) in [5, 5.41) is 10.1. The molecule has 0 radical (unpaired) electrons. The molecule has 0 amide bonds. The number of aromatic nitrogens is 1. The summed E-state index contributed by atoms with van der Waals surface area (Å²) in [5.74, 6) is -1.38. The van der Waals surface area contributed by atoms with Crippen molar-refractivity contribution in [3.05, 3.63) is 65.4 Å². The van der Waals surface area contributed by atoms with Crippen molar-refractivity contribution >= 4 is 26.9 Å². The van der Waals surface area contributed by atoms with Gasteiger partial charge in [0.2, 0.25) is 10.0 Å². The summed E-state index contributed by atoms with van der Waals surface area (Å²) < 4.78 is 57.3. The second-order valence-electron chi connectivity index (χ2n) is 9.16. The third-order valence-electron chi connectivity index (χ3n) is 7.29. The Balaban J connectivity index is 1.42. The van der Waals surface area contributed by atoms with Crippen LogP contribution in [-0.2, 0) is 21.4 Å². The molecule has 6 nitrogen and oxygen atoms in total. The van der Waals surface area contributed by atoms with Gasteiger partial charge < -0.3 is 9.67 Å². The van der Waals surface area contributed by atoms with E-state index >= 15 is 0 Å². The van der Waals surface area contributed by atoms with Gasteiger partial charge in [0.05, 0.1) is 4.90 Å². The van der Waals surface area contributed by atoms with E-state index < -0.39 is 21.8 Å². The fraction of sp³-hybridized carbons (Fsp3) is 0.375. The van der Waals surface area contributed by atoms with Crippen molar-refractivity contribution in [3.63, 3.8) is 0 Å². The third kappa shape index (κ3) is 3.83. The van der Waals surface area contributed by atoms with Gasteiger partial charge in [0, 0.05) is 22.6 Å². The molecule has 33 heavy (non-hydrogen) atoms. The lowest BCUT2D eigenvalue weighted by atomic mass is 9.80.